The van der Waals surface area contributed by atoms with Gasteiger partial charge in [0.25, 0.3) is 0 Å². The van der Waals surface area contributed by atoms with E-state index in [1.165, 1.54) is 0 Å². The minimum absolute atomic E-state index is 0.106. The van der Waals surface area contributed by atoms with Crippen molar-refractivity contribution in [3.63, 3.8) is 0 Å². The lowest BCUT2D eigenvalue weighted by Crippen LogP contribution is -2.33. The Morgan fingerprint density at radius 2 is 1.79 bits per heavy atom. The standard InChI is InChI=1S/C22H21Cl2NO3/c23-17-11-18(24)13-19(12-17)25-7-5-14(6-8-25)1-4-20(26)15-2-3-16-10-22(27)28-21(16)9-15/h2-3,9,11-14H,1,4-8,10H2. The van der Waals surface area contributed by atoms with Crippen molar-refractivity contribution in [1.82, 2.24) is 0 Å². The van der Waals surface area contributed by atoms with E-state index in [0.717, 1.165) is 43.6 Å². The number of carbonyl (C=O) groups excluding carboxylic acids is 2. The Bertz CT molecular complexity index is 900. The highest BCUT2D eigenvalue weighted by Crippen LogP contribution is 2.31. The molecule has 0 radical (unpaired) electrons. The first kappa shape index (κ1) is 19.3. The van der Waals surface area contributed by atoms with Gasteiger partial charge >= 0.3 is 5.97 Å². The van der Waals surface area contributed by atoms with E-state index in [0.29, 0.717) is 40.1 Å². The minimum Gasteiger partial charge on any atom is -0.426 e. The highest BCUT2D eigenvalue weighted by atomic mass is 35.5. The van der Waals surface area contributed by atoms with Crippen LogP contribution in [0.4, 0.5) is 5.69 Å². The van der Waals surface area contributed by atoms with Gasteiger partial charge < -0.3 is 9.64 Å². The maximum Gasteiger partial charge on any atom is 0.315 e. The zero-order valence-corrected chi connectivity index (χ0v) is 16.9. The van der Waals surface area contributed by atoms with Crippen LogP contribution in [0.15, 0.2) is 36.4 Å². The lowest BCUT2D eigenvalue weighted by Gasteiger charge is -2.33. The largest absolute Gasteiger partial charge is 0.426 e. The fourth-order valence-corrected chi connectivity index (χ4v) is 4.48. The number of anilines is 1. The van der Waals surface area contributed by atoms with Gasteiger partial charge in [-0.05, 0) is 49.4 Å². The number of ether oxygens (including phenoxy) is 1. The monoisotopic (exact) mass is 417 g/mol. The third-order valence-electron chi connectivity index (χ3n) is 5.55. The molecule has 2 aliphatic rings. The molecule has 2 aromatic carbocycles. The van der Waals surface area contributed by atoms with Crippen LogP contribution >= 0.6 is 23.2 Å². The fourth-order valence-electron chi connectivity index (χ4n) is 3.96. The number of halogens is 2. The van der Waals surface area contributed by atoms with Gasteiger partial charge in [-0.15, -0.1) is 0 Å². The quantitative estimate of drug-likeness (QED) is 0.374. The summed E-state index contributed by atoms with van der Waals surface area (Å²) in [5, 5.41) is 1.30. The Balaban J connectivity index is 1.29. The highest BCUT2D eigenvalue weighted by Gasteiger charge is 2.23. The van der Waals surface area contributed by atoms with Crippen molar-refractivity contribution in [2.24, 2.45) is 5.92 Å². The van der Waals surface area contributed by atoms with Crippen molar-refractivity contribution in [3.05, 3.63) is 57.6 Å². The number of Topliss-reactive ketones (excluding diaryl/α,β-unsaturated/α-hetero) is 1. The van der Waals surface area contributed by atoms with Gasteiger partial charge in [0.1, 0.15) is 5.75 Å². The van der Waals surface area contributed by atoms with Gasteiger partial charge in [-0.25, -0.2) is 0 Å². The number of rotatable bonds is 5. The molecule has 1 saturated heterocycles. The molecule has 0 saturated carbocycles. The molecule has 0 amide bonds. The number of benzene rings is 2. The van der Waals surface area contributed by atoms with Crippen LogP contribution in [0.1, 0.15) is 41.6 Å². The molecule has 6 heteroatoms. The normalized spacial score (nSPS) is 16.8. The number of ketones is 1. The zero-order chi connectivity index (χ0) is 19.7. The number of hydrogen-bond acceptors (Lipinski definition) is 4. The van der Waals surface area contributed by atoms with Gasteiger partial charge in [-0.3, -0.25) is 9.59 Å². The molecule has 0 bridgehead atoms. The molecule has 2 aromatic rings. The molecule has 1 fully saturated rings. The number of esters is 1. The summed E-state index contributed by atoms with van der Waals surface area (Å²) in [6, 6.07) is 10.9. The number of piperidine rings is 1. The third-order valence-corrected chi connectivity index (χ3v) is 5.99. The maximum atomic E-state index is 12.5. The van der Waals surface area contributed by atoms with Crippen molar-refractivity contribution in [1.29, 1.82) is 0 Å². The topological polar surface area (TPSA) is 46.6 Å². The molecule has 0 unspecified atom stereocenters. The predicted molar refractivity (Wildman–Crippen MR) is 111 cm³/mol. The first-order valence-electron chi connectivity index (χ1n) is 9.56. The molecule has 28 heavy (non-hydrogen) atoms. The third kappa shape index (κ3) is 4.34. The van der Waals surface area contributed by atoms with Crippen LogP contribution in [0, 0.1) is 5.92 Å². The molecule has 0 aliphatic carbocycles. The molecule has 146 valence electrons. The Kier molecular flexibility index (Phi) is 5.61. The molecule has 0 N–H and O–H groups in total. The molecule has 0 atom stereocenters. The van der Waals surface area contributed by atoms with Crippen molar-refractivity contribution >= 4 is 40.6 Å². The van der Waals surface area contributed by atoms with Crippen molar-refractivity contribution in [2.75, 3.05) is 18.0 Å². The lowest BCUT2D eigenvalue weighted by molar-refractivity contribution is -0.131. The van der Waals surface area contributed by atoms with Crippen LogP contribution in [0.5, 0.6) is 5.75 Å². The van der Waals surface area contributed by atoms with Crippen LogP contribution in [-0.4, -0.2) is 24.8 Å². The van der Waals surface area contributed by atoms with E-state index in [9.17, 15) is 9.59 Å². The number of carbonyl (C=O) groups is 2. The van der Waals surface area contributed by atoms with Crippen molar-refractivity contribution < 1.29 is 14.3 Å². The van der Waals surface area contributed by atoms with Gasteiger partial charge in [-0.2, -0.15) is 0 Å². The average molecular weight is 418 g/mol. The van der Waals surface area contributed by atoms with E-state index < -0.39 is 0 Å². The van der Waals surface area contributed by atoms with E-state index >= 15 is 0 Å². The lowest BCUT2D eigenvalue weighted by atomic mass is 9.90. The Labute approximate surface area is 174 Å². The minimum atomic E-state index is -0.257. The Hall–Kier alpha value is -2.04. The first-order valence-corrected chi connectivity index (χ1v) is 10.3. The van der Waals surface area contributed by atoms with Gasteiger partial charge in [-0.1, -0.05) is 35.3 Å². The summed E-state index contributed by atoms with van der Waals surface area (Å²) in [5.74, 6) is 0.911. The van der Waals surface area contributed by atoms with Crippen LogP contribution in [0.3, 0.4) is 0 Å². The van der Waals surface area contributed by atoms with Crippen molar-refractivity contribution in [3.8, 4) is 5.75 Å². The smallest absolute Gasteiger partial charge is 0.315 e. The molecule has 4 rings (SSSR count). The summed E-state index contributed by atoms with van der Waals surface area (Å²) >= 11 is 12.2. The number of nitrogens with zero attached hydrogens (tertiary/aromatic N) is 1. The van der Waals surface area contributed by atoms with E-state index in [2.05, 4.69) is 4.90 Å². The van der Waals surface area contributed by atoms with Gasteiger partial charge in [0.2, 0.25) is 0 Å². The first-order chi connectivity index (χ1) is 13.5. The zero-order valence-electron chi connectivity index (χ0n) is 15.4. The average Bonchev–Trinajstić information content (AvgIpc) is 3.05. The maximum absolute atomic E-state index is 12.5. The molecule has 4 nitrogen and oxygen atoms in total. The van der Waals surface area contributed by atoms with E-state index in [1.807, 2.05) is 18.2 Å². The van der Waals surface area contributed by atoms with E-state index in [4.69, 9.17) is 27.9 Å². The summed E-state index contributed by atoms with van der Waals surface area (Å²) in [5.41, 5.74) is 2.54. The predicted octanol–water partition coefficient (Wildman–Crippen LogP) is 5.33. The van der Waals surface area contributed by atoms with Crippen LogP contribution in [0.2, 0.25) is 10.0 Å². The Morgan fingerprint density at radius 3 is 2.50 bits per heavy atom. The number of fused-ring (bicyclic) bond motifs is 1. The molecule has 0 aromatic heterocycles. The van der Waals surface area contributed by atoms with Gasteiger partial charge in [0.05, 0.1) is 6.42 Å². The second-order valence-electron chi connectivity index (χ2n) is 7.49. The van der Waals surface area contributed by atoms with Gasteiger partial charge in [0.15, 0.2) is 5.78 Å². The van der Waals surface area contributed by atoms with Crippen molar-refractivity contribution in [2.45, 2.75) is 32.1 Å². The summed E-state index contributed by atoms with van der Waals surface area (Å²) in [6.45, 7) is 1.87. The SMILES string of the molecule is O=C1Cc2ccc(C(=O)CCC3CCN(c4cc(Cl)cc(Cl)c4)CC3)cc2O1. The summed E-state index contributed by atoms with van der Waals surface area (Å²) in [4.78, 5) is 26.2. The van der Waals surface area contributed by atoms with Crippen LogP contribution in [-0.2, 0) is 11.2 Å². The highest BCUT2D eigenvalue weighted by molar-refractivity contribution is 6.35. The second-order valence-corrected chi connectivity index (χ2v) is 8.37. The summed E-state index contributed by atoms with van der Waals surface area (Å²) in [7, 11) is 0. The molecule has 2 heterocycles. The van der Waals surface area contributed by atoms with E-state index in [1.54, 1.807) is 18.2 Å². The van der Waals surface area contributed by atoms with Crippen LogP contribution in [0.25, 0.3) is 0 Å². The molecule has 2 aliphatic heterocycles. The molecule has 0 spiro atoms. The second kappa shape index (κ2) is 8.14. The summed E-state index contributed by atoms with van der Waals surface area (Å²) in [6.07, 6.45) is 3.76. The van der Waals surface area contributed by atoms with Crippen LogP contribution < -0.4 is 9.64 Å². The molecular formula is C22H21Cl2NO3. The fraction of sp³-hybridized carbons (Fsp3) is 0.364. The molecular weight excluding hydrogens is 397 g/mol. The number of hydrogen-bond donors (Lipinski definition) is 0. The summed E-state index contributed by atoms with van der Waals surface area (Å²) < 4.78 is 5.15. The van der Waals surface area contributed by atoms with E-state index in [-0.39, 0.29) is 11.8 Å². The van der Waals surface area contributed by atoms with Gasteiger partial charge in [0, 0.05) is 46.4 Å². The Morgan fingerprint density at radius 1 is 1.07 bits per heavy atom.